The van der Waals surface area contributed by atoms with Gasteiger partial charge in [-0.3, -0.25) is 18.6 Å². The van der Waals surface area contributed by atoms with Crippen LogP contribution in [-0.2, 0) is 20.1 Å². The summed E-state index contributed by atoms with van der Waals surface area (Å²) in [6.45, 7) is 4.99. The van der Waals surface area contributed by atoms with Crippen LogP contribution < -0.4 is 16.0 Å². The van der Waals surface area contributed by atoms with Crippen LogP contribution in [0.3, 0.4) is 0 Å². The van der Waals surface area contributed by atoms with Crippen LogP contribution in [0, 0.1) is 5.92 Å². The van der Waals surface area contributed by atoms with Crippen LogP contribution in [0.25, 0.3) is 33.1 Å². The lowest BCUT2D eigenvalue weighted by Gasteiger charge is -2.12. The molecule has 7 heteroatoms. The average molecular weight is 469 g/mol. The average Bonchev–Trinajstić information content (AvgIpc) is 3.24. The second-order valence-electron chi connectivity index (χ2n) is 9.23. The maximum atomic E-state index is 13.5. The summed E-state index contributed by atoms with van der Waals surface area (Å²) >= 11 is 0. The minimum Gasteiger partial charge on any atom is -0.497 e. The number of methoxy groups -OCH3 is 1. The monoisotopic (exact) mass is 468 g/mol. The Bertz CT molecular complexity index is 1670. The zero-order chi connectivity index (χ0) is 24.7. The Balaban J connectivity index is 1.85. The Hall–Kier alpha value is -4.13. The summed E-state index contributed by atoms with van der Waals surface area (Å²) in [7, 11) is 3.14. The van der Waals surface area contributed by atoms with Crippen LogP contribution in [0.1, 0.15) is 19.4 Å². The molecule has 7 nitrogen and oxygen atoms in total. The third kappa shape index (κ3) is 3.93. The third-order valence-electron chi connectivity index (χ3n) is 6.32. The molecular weight excluding hydrogens is 440 g/mol. The minimum atomic E-state index is -0.358. The molecule has 5 aromatic rings. The molecule has 0 unspecified atom stereocenters. The molecule has 0 aliphatic carbocycles. The Kier molecular flexibility index (Phi) is 5.76. The van der Waals surface area contributed by atoms with Gasteiger partial charge in [-0.05, 0) is 34.4 Å². The van der Waals surface area contributed by atoms with Crippen molar-refractivity contribution >= 4 is 21.8 Å². The van der Waals surface area contributed by atoms with Gasteiger partial charge in [-0.25, -0.2) is 4.79 Å². The number of hydrogen-bond acceptors (Lipinski definition) is 4. The van der Waals surface area contributed by atoms with Gasteiger partial charge in [-0.2, -0.15) is 5.10 Å². The first-order valence-corrected chi connectivity index (χ1v) is 11.7. The van der Waals surface area contributed by atoms with Crippen LogP contribution >= 0.6 is 0 Å². The van der Waals surface area contributed by atoms with Gasteiger partial charge in [0.15, 0.2) is 5.65 Å². The molecule has 0 saturated carbocycles. The summed E-state index contributed by atoms with van der Waals surface area (Å²) < 4.78 is 10.1. The predicted octanol–water partition coefficient (Wildman–Crippen LogP) is 4.43. The van der Waals surface area contributed by atoms with Crippen molar-refractivity contribution in [2.45, 2.75) is 26.9 Å². The lowest BCUT2D eigenvalue weighted by atomic mass is 10.0. The fourth-order valence-corrected chi connectivity index (χ4v) is 4.66. The van der Waals surface area contributed by atoms with Crippen molar-refractivity contribution in [2.75, 3.05) is 7.11 Å². The number of rotatable bonds is 6. The number of hydrogen-bond donors (Lipinski definition) is 0. The molecule has 0 bridgehead atoms. The first kappa shape index (κ1) is 22.7. The summed E-state index contributed by atoms with van der Waals surface area (Å²) in [5.41, 5.74) is 2.25. The molecule has 5 rings (SSSR count). The van der Waals surface area contributed by atoms with E-state index in [1.54, 1.807) is 11.7 Å². The van der Waals surface area contributed by atoms with E-state index in [1.807, 2.05) is 61.0 Å². The van der Waals surface area contributed by atoms with E-state index < -0.39 is 0 Å². The molecule has 0 amide bonds. The van der Waals surface area contributed by atoms with Crippen molar-refractivity contribution < 1.29 is 4.74 Å². The summed E-state index contributed by atoms with van der Waals surface area (Å²) in [6.07, 6.45) is 0. The first-order valence-electron chi connectivity index (χ1n) is 11.7. The van der Waals surface area contributed by atoms with Crippen molar-refractivity contribution in [3.63, 3.8) is 0 Å². The molecule has 0 radical (unpaired) electrons. The van der Waals surface area contributed by atoms with Gasteiger partial charge in [0.25, 0.3) is 5.56 Å². The van der Waals surface area contributed by atoms with Crippen molar-refractivity contribution in [3.05, 3.63) is 93.1 Å². The molecule has 0 fully saturated rings. The number of nitrogens with zero attached hydrogens (tertiary/aromatic N) is 4. The Labute approximate surface area is 202 Å². The summed E-state index contributed by atoms with van der Waals surface area (Å²) in [6, 6.07) is 22.0. The highest BCUT2D eigenvalue weighted by molar-refractivity contribution is 5.91. The van der Waals surface area contributed by atoms with Gasteiger partial charge < -0.3 is 4.74 Å². The van der Waals surface area contributed by atoms with Gasteiger partial charge >= 0.3 is 5.69 Å². The van der Waals surface area contributed by atoms with Crippen LogP contribution in [0.2, 0.25) is 0 Å². The molecule has 35 heavy (non-hydrogen) atoms. The molecule has 0 N–H and O–H groups in total. The van der Waals surface area contributed by atoms with Gasteiger partial charge in [0.2, 0.25) is 0 Å². The van der Waals surface area contributed by atoms with Crippen LogP contribution in [0.15, 0.2) is 76.3 Å². The van der Waals surface area contributed by atoms with Gasteiger partial charge in [0.1, 0.15) is 11.1 Å². The van der Waals surface area contributed by atoms with E-state index in [1.165, 1.54) is 11.6 Å². The van der Waals surface area contributed by atoms with E-state index in [0.29, 0.717) is 35.6 Å². The number of benzene rings is 3. The zero-order valence-electron chi connectivity index (χ0n) is 20.4. The van der Waals surface area contributed by atoms with E-state index >= 15 is 0 Å². The molecule has 0 atom stereocenters. The van der Waals surface area contributed by atoms with Crippen LogP contribution in [-0.4, -0.2) is 26.0 Å². The van der Waals surface area contributed by atoms with Gasteiger partial charge in [-0.15, -0.1) is 0 Å². The Morgan fingerprint density at radius 3 is 2.49 bits per heavy atom. The highest BCUT2D eigenvalue weighted by Crippen LogP contribution is 2.30. The van der Waals surface area contributed by atoms with Crippen molar-refractivity contribution in [1.82, 2.24) is 18.9 Å². The highest BCUT2D eigenvalue weighted by atomic mass is 16.5. The predicted molar refractivity (Wildman–Crippen MR) is 139 cm³/mol. The number of fused-ring (bicyclic) bond motifs is 2. The SMILES string of the molecule is COc1cccc(-c2c3c(=O)n(C)c(=O)n(CC(C)C)c3nn2Cc2cccc3ccccc23)c1. The summed E-state index contributed by atoms with van der Waals surface area (Å²) in [5, 5.41) is 7.58. The van der Waals surface area contributed by atoms with E-state index in [-0.39, 0.29) is 17.2 Å². The molecule has 0 aliphatic rings. The summed E-state index contributed by atoms with van der Waals surface area (Å²) in [5.74, 6) is 0.887. The molecule has 178 valence electrons. The van der Waals surface area contributed by atoms with E-state index in [2.05, 4.69) is 24.3 Å². The topological polar surface area (TPSA) is 71.1 Å². The van der Waals surface area contributed by atoms with Crippen molar-refractivity contribution in [3.8, 4) is 17.0 Å². The maximum absolute atomic E-state index is 13.5. The quantitative estimate of drug-likeness (QED) is 0.370. The Morgan fingerprint density at radius 2 is 1.71 bits per heavy atom. The number of ether oxygens (including phenoxy) is 1. The fourth-order valence-electron chi connectivity index (χ4n) is 4.66. The normalized spacial score (nSPS) is 11.6. The largest absolute Gasteiger partial charge is 0.497 e. The molecule has 0 spiro atoms. The standard InChI is InChI=1S/C28H28N4O3/c1-18(2)16-31-26-24(27(33)30(3)28(31)34)25(20-11-8-13-22(15-20)35-4)32(29-26)17-21-12-7-10-19-9-5-6-14-23(19)21/h5-15,18H,16-17H2,1-4H3. The first-order chi connectivity index (χ1) is 16.9. The molecule has 3 aromatic carbocycles. The molecular formula is C28H28N4O3. The molecule has 0 aliphatic heterocycles. The summed E-state index contributed by atoms with van der Waals surface area (Å²) in [4.78, 5) is 26.6. The van der Waals surface area contributed by atoms with Crippen molar-refractivity contribution in [1.29, 1.82) is 0 Å². The molecule has 2 heterocycles. The second-order valence-corrected chi connectivity index (χ2v) is 9.23. The smallest absolute Gasteiger partial charge is 0.332 e. The lowest BCUT2D eigenvalue weighted by molar-refractivity contribution is 0.415. The maximum Gasteiger partial charge on any atom is 0.332 e. The third-order valence-corrected chi connectivity index (χ3v) is 6.32. The van der Waals surface area contributed by atoms with Gasteiger partial charge in [0.05, 0.1) is 19.3 Å². The zero-order valence-corrected chi connectivity index (χ0v) is 20.4. The van der Waals surface area contributed by atoms with Crippen LogP contribution in [0.5, 0.6) is 5.75 Å². The van der Waals surface area contributed by atoms with Gasteiger partial charge in [0, 0.05) is 19.2 Å². The minimum absolute atomic E-state index is 0.205. The van der Waals surface area contributed by atoms with Gasteiger partial charge in [-0.1, -0.05) is 68.4 Å². The lowest BCUT2D eigenvalue weighted by Crippen LogP contribution is -2.38. The highest BCUT2D eigenvalue weighted by Gasteiger charge is 2.23. The number of aromatic nitrogens is 4. The van der Waals surface area contributed by atoms with E-state index in [4.69, 9.17) is 9.84 Å². The molecule has 2 aromatic heterocycles. The Morgan fingerprint density at radius 1 is 0.971 bits per heavy atom. The van der Waals surface area contributed by atoms with Crippen molar-refractivity contribution in [2.24, 2.45) is 13.0 Å². The fraction of sp³-hybridized carbons (Fsp3) is 0.250. The van der Waals surface area contributed by atoms with Crippen LogP contribution in [0.4, 0.5) is 0 Å². The van der Waals surface area contributed by atoms with E-state index in [9.17, 15) is 9.59 Å². The van der Waals surface area contributed by atoms with E-state index in [0.717, 1.165) is 21.9 Å². The molecule has 0 saturated heterocycles. The second kappa shape index (κ2) is 8.91.